The average molecular weight is 517 g/mol. The van der Waals surface area contributed by atoms with Crippen LogP contribution in [0.3, 0.4) is 0 Å². The highest BCUT2D eigenvalue weighted by atomic mass is 127. The minimum absolute atomic E-state index is 0. The van der Waals surface area contributed by atoms with Crippen LogP contribution < -0.4 is 5.32 Å². The van der Waals surface area contributed by atoms with Gasteiger partial charge >= 0.3 is 0 Å². The zero-order chi connectivity index (χ0) is 19.5. The third-order valence-electron chi connectivity index (χ3n) is 4.75. The quantitative estimate of drug-likeness (QED) is 0.383. The van der Waals surface area contributed by atoms with Crippen LogP contribution in [0.25, 0.3) is 5.69 Å². The maximum Gasteiger partial charge on any atom is 0.194 e. The highest BCUT2D eigenvalue weighted by molar-refractivity contribution is 14.0. The summed E-state index contributed by atoms with van der Waals surface area (Å²) in [4.78, 5) is 6.74. The van der Waals surface area contributed by atoms with E-state index in [0.717, 1.165) is 23.8 Å². The van der Waals surface area contributed by atoms with E-state index in [-0.39, 0.29) is 29.7 Å². The first-order valence-corrected chi connectivity index (χ1v) is 10.8. The molecule has 3 rings (SSSR count). The van der Waals surface area contributed by atoms with Crippen LogP contribution in [0.2, 0.25) is 0 Å². The van der Waals surface area contributed by atoms with E-state index in [1.54, 1.807) is 13.8 Å². The molecule has 1 fully saturated rings. The molecule has 0 radical (unpaired) electrons. The minimum Gasteiger partial charge on any atom is -0.357 e. The van der Waals surface area contributed by atoms with Crippen molar-refractivity contribution in [2.75, 3.05) is 25.4 Å². The van der Waals surface area contributed by atoms with E-state index < -0.39 is 14.6 Å². The van der Waals surface area contributed by atoms with Crippen molar-refractivity contribution in [1.29, 1.82) is 0 Å². The van der Waals surface area contributed by atoms with Gasteiger partial charge in [0.15, 0.2) is 15.8 Å². The van der Waals surface area contributed by atoms with E-state index in [0.29, 0.717) is 19.6 Å². The summed E-state index contributed by atoms with van der Waals surface area (Å²) in [7, 11) is -3.07. The van der Waals surface area contributed by atoms with Crippen molar-refractivity contribution in [3.05, 3.63) is 48.3 Å². The van der Waals surface area contributed by atoms with Crippen molar-refractivity contribution < 1.29 is 8.42 Å². The number of aliphatic imine (C=N–C) groups is 1. The van der Waals surface area contributed by atoms with E-state index in [1.807, 2.05) is 59.2 Å². The van der Waals surface area contributed by atoms with E-state index in [9.17, 15) is 8.42 Å². The van der Waals surface area contributed by atoms with Crippen molar-refractivity contribution >= 4 is 39.8 Å². The minimum atomic E-state index is -3.07. The smallest absolute Gasteiger partial charge is 0.194 e. The predicted octanol–water partition coefficient (Wildman–Crippen LogP) is 2.46. The van der Waals surface area contributed by atoms with Crippen molar-refractivity contribution in [2.45, 2.75) is 32.1 Å². The molecule has 1 N–H and O–H groups in total. The van der Waals surface area contributed by atoms with Gasteiger partial charge in [-0.05, 0) is 32.9 Å². The molecule has 1 aromatic carbocycles. The molecule has 1 aromatic heterocycles. The van der Waals surface area contributed by atoms with Crippen LogP contribution in [0.4, 0.5) is 0 Å². The van der Waals surface area contributed by atoms with E-state index >= 15 is 0 Å². The highest BCUT2D eigenvalue weighted by Crippen LogP contribution is 2.23. The van der Waals surface area contributed by atoms with Crippen molar-refractivity contribution in [1.82, 2.24) is 20.0 Å². The van der Waals surface area contributed by atoms with Gasteiger partial charge in [-0.1, -0.05) is 18.2 Å². The highest BCUT2D eigenvalue weighted by Gasteiger charge is 2.40. The molecule has 154 valence electrons. The van der Waals surface area contributed by atoms with Crippen LogP contribution in [-0.4, -0.2) is 59.2 Å². The summed E-state index contributed by atoms with van der Waals surface area (Å²) in [5.41, 5.74) is 2.00. The lowest BCUT2D eigenvalue weighted by atomic mass is 10.2. The van der Waals surface area contributed by atoms with Gasteiger partial charge in [-0.15, -0.1) is 24.0 Å². The number of hydrogen-bond donors (Lipinski definition) is 1. The lowest BCUT2D eigenvalue weighted by Gasteiger charge is -2.39. The predicted molar refractivity (Wildman–Crippen MR) is 123 cm³/mol. The normalized spacial score (nSPS) is 18.4. The van der Waals surface area contributed by atoms with Gasteiger partial charge in [0, 0.05) is 31.4 Å². The van der Waals surface area contributed by atoms with E-state index in [2.05, 4.69) is 10.4 Å². The van der Waals surface area contributed by atoms with Crippen LogP contribution >= 0.6 is 24.0 Å². The van der Waals surface area contributed by atoms with Crippen molar-refractivity contribution in [3.8, 4) is 5.69 Å². The van der Waals surface area contributed by atoms with Crippen molar-refractivity contribution in [3.63, 3.8) is 0 Å². The maximum atomic E-state index is 12.2. The first-order chi connectivity index (χ1) is 12.8. The zero-order valence-electron chi connectivity index (χ0n) is 16.5. The number of rotatable bonds is 4. The van der Waals surface area contributed by atoms with E-state index in [1.165, 1.54) is 0 Å². The summed E-state index contributed by atoms with van der Waals surface area (Å²) in [6.07, 6.45) is 3.78. The summed E-state index contributed by atoms with van der Waals surface area (Å²) in [5, 5.41) is 7.68. The molecule has 1 aliphatic rings. The molecule has 0 spiro atoms. The molecule has 0 aliphatic carbocycles. The van der Waals surface area contributed by atoms with Gasteiger partial charge < -0.3 is 10.2 Å². The number of aromatic nitrogens is 2. The van der Waals surface area contributed by atoms with E-state index in [4.69, 9.17) is 4.99 Å². The Balaban J connectivity index is 0.00000280. The van der Waals surface area contributed by atoms with Gasteiger partial charge in [0.2, 0.25) is 0 Å². The third kappa shape index (κ3) is 5.05. The summed E-state index contributed by atoms with van der Waals surface area (Å²) in [6, 6.07) is 9.93. The van der Waals surface area contributed by atoms with Crippen LogP contribution in [0.15, 0.2) is 47.7 Å². The number of guanidine groups is 1. The number of para-hydroxylation sites is 1. The Morgan fingerprint density at radius 3 is 2.64 bits per heavy atom. The molecule has 0 bridgehead atoms. The Bertz CT molecular complexity index is 909. The first kappa shape index (κ1) is 22.7. The van der Waals surface area contributed by atoms with Gasteiger partial charge in [0.1, 0.15) is 0 Å². The Hall–Kier alpha value is -1.62. The van der Waals surface area contributed by atoms with Crippen molar-refractivity contribution in [2.24, 2.45) is 4.99 Å². The Kier molecular flexibility index (Phi) is 7.49. The van der Waals surface area contributed by atoms with Gasteiger partial charge in [-0.2, -0.15) is 5.10 Å². The van der Waals surface area contributed by atoms with Crippen LogP contribution in [0, 0.1) is 0 Å². The molecule has 2 heterocycles. The molecule has 0 saturated carbocycles. The third-order valence-corrected chi connectivity index (χ3v) is 7.28. The monoisotopic (exact) mass is 517 g/mol. The molecule has 0 unspecified atom stereocenters. The van der Waals surface area contributed by atoms with Crippen LogP contribution in [0.1, 0.15) is 26.3 Å². The number of hydrogen-bond acceptors (Lipinski definition) is 4. The van der Waals surface area contributed by atoms with Crippen LogP contribution in [-0.2, 0) is 16.4 Å². The second-order valence-corrected chi connectivity index (χ2v) is 10.0. The average Bonchev–Trinajstić information content (AvgIpc) is 3.11. The fourth-order valence-electron chi connectivity index (χ4n) is 3.08. The van der Waals surface area contributed by atoms with Gasteiger partial charge in [0.05, 0.1) is 28.9 Å². The van der Waals surface area contributed by atoms with Gasteiger partial charge in [-0.25, -0.2) is 18.1 Å². The number of nitrogens with one attached hydrogen (secondary N) is 1. The fraction of sp³-hybridized carbons (Fsp3) is 0.474. The Morgan fingerprint density at radius 2 is 2.00 bits per heavy atom. The topological polar surface area (TPSA) is 79.6 Å². The molecular formula is C19H28IN5O2S. The molecular weight excluding hydrogens is 489 g/mol. The number of benzene rings is 1. The van der Waals surface area contributed by atoms with Gasteiger partial charge in [-0.3, -0.25) is 0 Å². The number of halogens is 1. The molecule has 28 heavy (non-hydrogen) atoms. The number of sulfone groups is 1. The molecule has 9 heteroatoms. The van der Waals surface area contributed by atoms with Crippen LogP contribution in [0.5, 0.6) is 0 Å². The lowest BCUT2D eigenvalue weighted by Crippen LogP contribution is -2.57. The summed E-state index contributed by atoms with van der Waals surface area (Å²) in [5.74, 6) is 0.893. The van der Waals surface area contributed by atoms with Gasteiger partial charge in [0.25, 0.3) is 0 Å². The molecule has 0 amide bonds. The zero-order valence-corrected chi connectivity index (χ0v) is 19.6. The summed E-state index contributed by atoms with van der Waals surface area (Å²) in [6.45, 7) is 7.68. The molecule has 2 aromatic rings. The summed E-state index contributed by atoms with van der Waals surface area (Å²) < 4.78 is 25.5. The Labute approximate surface area is 184 Å². The standard InChI is InChI=1S/C19H27N5O2S.HI/c1-4-20-18(23-10-11-27(25,26)19(2,3)15-23)21-12-16-13-22-24(14-16)17-8-6-5-7-9-17;/h5-9,13-14H,4,10-12,15H2,1-3H3,(H,20,21);1H. The molecule has 7 nitrogen and oxygen atoms in total. The second kappa shape index (κ2) is 9.25. The molecule has 1 aliphatic heterocycles. The fourth-order valence-corrected chi connectivity index (χ4v) is 4.45. The largest absolute Gasteiger partial charge is 0.357 e. The molecule has 0 atom stereocenters. The maximum absolute atomic E-state index is 12.2. The SMILES string of the molecule is CCNC(=NCc1cnn(-c2ccccc2)c1)N1CCS(=O)(=O)C(C)(C)C1.I. The lowest BCUT2D eigenvalue weighted by molar-refractivity contribution is 0.353. The number of nitrogens with zero attached hydrogens (tertiary/aromatic N) is 4. The Morgan fingerprint density at radius 1 is 1.29 bits per heavy atom. The first-order valence-electron chi connectivity index (χ1n) is 9.17. The second-order valence-electron chi connectivity index (χ2n) is 7.30. The summed E-state index contributed by atoms with van der Waals surface area (Å²) >= 11 is 0. The molecule has 1 saturated heterocycles.